The van der Waals surface area contributed by atoms with Gasteiger partial charge >= 0.3 is 0 Å². The molecule has 1 fully saturated rings. The molecule has 1 aliphatic rings. The van der Waals surface area contributed by atoms with E-state index < -0.39 is 0 Å². The van der Waals surface area contributed by atoms with Crippen molar-refractivity contribution in [3.8, 4) is 6.07 Å². The zero-order valence-corrected chi connectivity index (χ0v) is 7.62. The van der Waals surface area contributed by atoms with Gasteiger partial charge in [0.2, 0.25) is 0 Å². The zero-order valence-electron chi connectivity index (χ0n) is 7.62. The van der Waals surface area contributed by atoms with Crippen molar-refractivity contribution in [3.05, 3.63) is 0 Å². The summed E-state index contributed by atoms with van der Waals surface area (Å²) >= 11 is 0. The molecule has 0 aromatic rings. The molecule has 0 saturated carbocycles. The lowest BCUT2D eigenvalue weighted by Gasteiger charge is -2.34. The zero-order chi connectivity index (χ0) is 8.81. The van der Waals surface area contributed by atoms with Crippen LogP contribution in [0.4, 0.5) is 0 Å². The van der Waals surface area contributed by atoms with Crippen LogP contribution < -0.4 is 0 Å². The van der Waals surface area contributed by atoms with E-state index in [-0.39, 0.29) is 0 Å². The third-order valence-corrected chi connectivity index (χ3v) is 2.33. The Morgan fingerprint density at radius 1 is 1.67 bits per heavy atom. The minimum atomic E-state index is 0.534. The smallest absolute Gasteiger partial charge is 0.0635 e. The maximum Gasteiger partial charge on any atom is 0.0635 e. The Balaban J connectivity index is 2.32. The molecule has 1 unspecified atom stereocenters. The van der Waals surface area contributed by atoms with E-state index in [4.69, 9.17) is 10.00 Å². The van der Waals surface area contributed by atoms with Crippen molar-refractivity contribution >= 4 is 0 Å². The van der Waals surface area contributed by atoms with E-state index in [9.17, 15) is 0 Å². The fraction of sp³-hybridized carbons (Fsp3) is 0.889. The van der Waals surface area contributed by atoms with Gasteiger partial charge in [0.05, 0.1) is 19.3 Å². The summed E-state index contributed by atoms with van der Waals surface area (Å²) in [6.07, 6.45) is 1.75. The third kappa shape index (κ3) is 2.47. The van der Waals surface area contributed by atoms with Crippen LogP contribution in [-0.4, -0.2) is 37.2 Å². The van der Waals surface area contributed by atoms with Crippen molar-refractivity contribution in [2.75, 3.05) is 26.3 Å². The first kappa shape index (κ1) is 9.50. The van der Waals surface area contributed by atoms with Crippen molar-refractivity contribution in [3.63, 3.8) is 0 Å². The molecule has 1 saturated heterocycles. The number of rotatable bonds is 3. The molecular weight excluding hydrogens is 152 g/mol. The van der Waals surface area contributed by atoms with Gasteiger partial charge in [-0.25, -0.2) is 0 Å². The first-order valence-corrected chi connectivity index (χ1v) is 4.57. The molecule has 68 valence electrons. The summed E-state index contributed by atoms with van der Waals surface area (Å²) in [4.78, 5) is 2.35. The largest absolute Gasteiger partial charge is 0.378 e. The van der Waals surface area contributed by atoms with Crippen LogP contribution >= 0.6 is 0 Å². The Kier molecular flexibility index (Phi) is 4.06. The van der Waals surface area contributed by atoms with Gasteiger partial charge in [0.25, 0.3) is 0 Å². The molecule has 0 bridgehead atoms. The second-order valence-corrected chi connectivity index (χ2v) is 3.08. The molecule has 0 aromatic heterocycles. The molecule has 0 N–H and O–H groups in total. The highest BCUT2D eigenvalue weighted by Crippen LogP contribution is 2.09. The predicted octanol–water partition coefficient (Wildman–Crippen LogP) is 1.01. The van der Waals surface area contributed by atoms with Gasteiger partial charge < -0.3 is 4.74 Å². The van der Waals surface area contributed by atoms with E-state index in [1.54, 1.807) is 0 Å². The SMILES string of the molecule is CCC1COCCN1CCC#N. The Morgan fingerprint density at radius 3 is 3.17 bits per heavy atom. The van der Waals surface area contributed by atoms with E-state index in [0.717, 1.165) is 32.7 Å². The lowest BCUT2D eigenvalue weighted by Crippen LogP contribution is -2.45. The Bertz CT molecular complexity index is 164. The summed E-state index contributed by atoms with van der Waals surface area (Å²) in [5.74, 6) is 0. The Labute approximate surface area is 73.9 Å². The molecule has 1 rings (SSSR count). The van der Waals surface area contributed by atoms with E-state index in [1.807, 2.05) is 0 Å². The summed E-state index contributed by atoms with van der Waals surface area (Å²) in [7, 11) is 0. The van der Waals surface area contributed by atoms with Crippen molar-refractivity contribution < 1.29 is 4.74 Å². The first-order chi connectivity index (χ1) is 5.88. The van der Waals surface area contributed by atoms with Gasteiger partial charge in [-0.05, 0) is 6.42 Å². The molecule has 3 nitrogen and oxygen atoms in total. The molecule has 1 atom stereocenters. The monoisotopic (exact) mass is 168 g/mol. The molecule has 0 radical (unpaired) electrons. The van der Waals surface area contributed by atoms with Crippen LogP contribution in [0, 0.1) is 11.3 Å². The van der Waals surface area contributed by atoms with E-state index in [0.29, 0.717) is 12.5 Å². The third-order valence-electron chi connectivity index (χ3n) is 2.33. The summed E-state index contributed by atoms with van der Waals surface area (Å²) in [5.41, 5.74) is 0. The van der Waals surface area contributed by atoms with Gasteiger partial charge in [0, 0.05) is 25.6 Å². The van der Waals surface area contributed by atoms with Gasteiger partial charge in [0.1, 0.15) is 0 Å². The van der Waals surface area contributed by atoms with Crippen molar-refractivity contribution in [2.45, 2.75) is 25.8 Å². The highest BCUT2D eigenvalue weighted by atomic mass is 16.5. The van der Waals surface area contributed by atoms with E-state index in [2.05, 4.69) is 17.9 Å². The topological polar surface area (TPSA) is 36.3 Å². The number of morpholine rings is 1. The Morgan fingerprint density at radius 2 is 2.50 bits per heavy atom. The van der Waals surface area contributed by atoms with E-state index in [1.165, 1.54) is 0 Å². The highest BCUT2D eigenvalue weighted by molar-refractivity contribution is 4.78. The summed E-state index contributed by atoms with van der Waals surface area (Å²) in [5, 5.41) is 8.45. The maximum atomic E-state index is 8.45. The number of nitrogens with zero attached hydrogens (tertiary/aromatic N) is 2. The quantitative estimate of drug-likeness (QED) is 0.631. The van der Waals surface area contributed by atoms with Crippen molar-refractivity contribution in [1.29, 1.82) is 5.26 Å². The molecule has 3 heteroatoms. The van der Waals surface area contributed by atoms with Crippen LogP contribution in [-0.2, 0) is 4.74 Å². The van der Waals surface area contributed by atoms with Gasteiger partial charge in [-0.15, -0.1) is 0 Å². The van der Waals surface area contributed by atoms with Gasteiger partial charge in [0.15, 0.2) is 0 Å². The molecule has 1 aliphatic heterocycles. The van der Waals surface area contributed by atoms with Gasteiger partial charge in [-0.3, -0.25) is 4.90 Å². The van der Waals surface area contributed by atoms with Crippen LogP contribution in [0.15, 0.2) is 0 Å². The number of nitriles is 1. The molecule has 12 heavy (non-hydrogen) atoms. The van der Waals surface area contributed by atoms with Crippen LogP contribution in [0.5, 0.6) is 0 Å². The standard InChI is InChI=1S/C9H16N2O/c1-2-9-8-12-7-6-11(9)5-3-4-10/h9H,2-3,5-8H2,1H3. The number of hydrogen-bond donors (Lipinski definition) is 0. The summed E-state index contributed by atoms with van der Waals surface area (Å²) in [6.45, 7) is 5.71. The predicted molar refractivity (Wildman–Crippen MR) is 46.7 cm³/mol. The summed E-state index contributed by atoms with van der Waals surface area (Å²) < 4.78 is 5.36. The molecule has 0 aromatic carbocycles. The Hall–Kier alpha value is -0.590. The second-order valence-electron chi connectivity index (χ2n) is 3.08. The molecule has 1 heterocycles. The average molecular weight is 168 g/mol. The summed E-state index contributed by atoms with van der Waals surface area (Å²) in [6, 6.07) is 2.71. The first-order valence-electron chi connectivity index (χ1n) is 4.57. The minimum Gasteiger partial charge on any atom is -0.378 e. The van der Waals surface area contributed by atoms with E-state index >= 15 is 0 Å². The van der Waals surface area contributed by atoms with Crippen LogP contribution in [0.2, 0.25) is 0 Å². The van der Waals surface area contributed by atoms with Crippen LogP contribution in [0.1, 0.15) is 19.8 Å². The number of ether oxygens (including phenoxy) is 1. The lowest BCUT2D eigenvalue weighted by molar-refractivity contribution is -0.00744. The normalized spacial score (nSPS) is 25.2. The fourth-order valence-electron chi connectivity index (χ4n) is 1.55. The lowest BCUT2D eigenvalue weighted by atomic mass is 10.1. The minimum absolute atomic E-state index is 0.534. The average Bonchev–Trinajstić information content (AvgIpc) is 2.15. The van der Waals surface area contributed by atoms with Crippen LogP contribution in [0.25, 0.3) is 0 Å². The van der Waals surface area contributed by atoms with Gasteiger partial charge in [-0.1, -0.05) is 6.92 Å². The van der Waals surface area contributed by atoms with Crippen molar-refractivity contribution in [2.24, 2.45) is 0 Å². The van der Waals surface area contributed by atoms with Crippen LogP contribution in [0.3, 0.4) is 0 Å². The number of hydrogen-bond acceptors (Lipinski definition) is 3. The maximum absolute atomic E-state index is 8.45. The highest BCUT2D eigenvalue weighted by Gasteiger charge is 2.20. The molecule has 0 spiro atoms. The van der Waals surface area contributed by atoms with Crippen molar-refractivity contribution in [1.82, 2.24) is 4.90 Å². The molecular formula is C9H16N2O. The van der Waals surface area contributed by atoms with Gasteiger partial charge in [-0.2, -0.15) is 5.26 Å². The molecule has 0 amide bonds. The second kappa shape index (κ2) is 5.13. The molecule has 0 aliphatic carbocycles. The fourth-order valence-corrected chi connectivity index (χ4v) is 1.55.